The number of para-hydroxylation sites is 2. The highest BCUT2D eigenvalue weighted by atomic mass is 19.4. The molecule has 1 aliphatic rings. The van der Waals surface area contributed by atoms with Crippen LogP contribution >= 0.6 is 0 Å². The number of rotatable bonds is 7. The predicted octanol–water partition coefficient (Wildman–Crippen LogP) is 4.59. The Labute approximate surface area is 173 Å². The van der Waals surface area contributed by atoms with Gasteiger partial charge in [0.05, 0.1) is 18.7 Å². The Morgan fingerprint density at radius 2 is 1.80 bits per heavy atom. The van der Waals surface area contributed by atoms with E-state index in [9.17, 15) is 18.0 Å². The molecular weight excluding hydrogens is 397 g/mol. The Bertz CT molecular complexity index is 850. The van der Waals surface area contributed by atoms with Crippen LogP contribution in [-0.4, -0.2) is 43.2 Å². The van der Waals surface area contributed by atoms with Crippen LogP contribution in [0.4, 0.5) is 18.9 Å². The third-order valence-electron chi connectivity index (χ3n) is 4.87. The fraction of sp³-hybridized carbons (Fsp3) is 0.409. The summed E-state index contributed by atoms with van der Waals surface area (Å²) in [6.07, 6.45) is -3.08. The number of anilines is 1. The molecule has 0 spiro atoms. The average Bonchev–Trinajstić information content (AvgIpc) is 2.74. The average molecular weight is 422 g/mol. The number of amides is 1. The second-order valence-electron chi connectivity index (χ2n) is 7.01. The summed E-state index contributed by atoms with van der Waals surface area (Å²) in [5, 5.41) is 2.79. The van der Waals surface area contributed by atoms with Crippen LogP contribution in [0.15, 0.2) is 48.5 Å². The van der Waals surface area contributed by atoms with Crippen molar-refractivity contribution in [3.63, 3.8) is 0 Å². The Morgan fingerprint density at radius 1 is 1.10 bits per heavy atom. The molecule has 0 bridgehead atoms. The molecule has 30 heavy (non-hydrogen) atoms. The second kappa shape index (κ2) is 9.73. The molecule has 0 unspecified atom stereocenters. The van der Waals surface area contributed by atoms with Crippen molar-refractivity contribution in [2.45, 2.75) is 32.0 Å². The van der Waals surface area contributed by atoms with Gasteiger partial charge < -0.3 is 19.7 Å². The molecule has 1 amide bonds. The normalized spacial score (nSPS) is 15.0. The molecule has 1 aliphatic heterocycles. The number of halogens is 3. The third-order valence-corrected chi connectivity index (χ3v) is 4.87. The zero-order valence-corrected chi connectivity index (χ0v) is 16.7. The van der Waals surface area contributed by atoms with Crippen molar-refractivity contribution in [1.29, 1.82) is 0 Å². The summed E-state index contributed by atoms with van der Waals surface area (Å²) in [4.78, 5) is 14.1. The first kappa shape index (κ1) is 21.8. The molecule has 5 nitrogen and oxygen atoms in total. The first-order chi connectivity index (χ1) is 14.4. The molecule has 8 heteroatoms. The van der Waals surface area contributed by atoms with Crippen LogP contribution in [0.3, 0.4) is 0 Å². The lowest BCUT2D eigenvalue weighted by Crippen LogP contribution is -2.44. The third kappa shape index (κ3) is 5.81. The van der Waals surface area contributed by atoms with Crippen molar-refractivity contribution < 1.29 is 27.4 Å². The van der Waals surface area contributed by atoms with E-state index in [0.29, 0.717) is 44.0 Å². The fourth-order valence-electron chi connectivity index (χ4n) is 3.32. The Morgan fingerprint density at radius 3 is 2.47 bits per heavy atom. The van der Waals surface area contributed by atoms with Gasteiger partial charge in [-0.3, -0.25) is 4.79 Å². The molecule has 1 fully saturated rings. The van der Waals surface area contributed by atoms with Crippen LogP contribution in [0, 0.1) is 0 Å². The number of benzene rings is 2. The molecule has 2 aromatic rings. The van der Waals surface area contributed by atoms with Gasteiger partial charge in [0.25, 0.3) is 0 Å². The lowest BCUT2D eigenvalue weighted by Gasteiger charge is -2.32. The number of nitrogens with zero attached hydrogens (tertiary/aromatic N) is 1. The van der Waals surface area contributed by atoms with Crippen LogP contribution in [-0.2, 0) is 11.0 Å². The molecule has 0 radical (unpaired) electrons. The van der Waals surface area contributed by atoms with E-state index in [1.165, 1.54) is 12.1 Å². The number of piperidine rings is 1. The molecule has 2 aromatic carbocycles. The van der Waals surface area contributed by atoms with Crippen molar-refractivity contribution >= 4 is 11.6 Å². The number of hydrogen-bond acceptors (Lipinski definition) is 4. The van der Waals surface area contributed by atoms with Crippen LogP contribution < -0.4 is 14.8 Å². The molecule has 1 N–H and O–H groups in total. The van der Waals surface area contributed by atoms with Crippen LogP contribution in [0.5, 0.6) is 11.5 Å². The molecule has 0 aliphatic carbocycles. The maximum Gasteiger partial charge on any atom is 0.416 e. The van der Waals surface area contributed by atoms with Crippen LogP contribution in [0.1, 0.15) is 25.3 Å². The predicted molar refractivity (Wildman–Crippen MR) is 108 cm³/mol. The van der Waals surface area contributed by atoms with Gasteiger partial charge in [-0.1, -0.05) is 18.2 Å². The van der Waals surface area contributed by atoms with Crippen LogP contribution in [0.2, 0.25) is 0 Å². The highest BCUT2D eigenvalue weighted by Gasteiger charge is 2.30. The van der Waals surface area contributed by atoms with Crippen molar-refractivity contribution in [1.82, 2.24) is 4.90 Å². The van der Waals surface area contributed by atoms with Gasteiger partial charge in [0, 0.05) is 31.6 Å². The quantitative estimate of drug-likeness (QED) is 0.709. The lowest BCUT2D eigenvalue weighted by atomic mass is 10.1. The largest absolute Gasteiger partial charge is 0.490 e. The number of hydrogen-bond donors (Lipinski definition) is 1. The Balaban J connectivity index is 1.48. The minimum absolute atomic E-state index is 0.0212. The van der Waals surface area contributed by atoms with E-state index in [-0.39, 0.29) is 24.2 Å². The maximum absolute atomic E-state index is 12.8. The van der Waals surface area contributed by atoms with Crippen molar-refractivity contribution in [3.05, 3.63) is 54.1 Å². The number of carbonyl (C=O) groups is 1. The Kier molecular flexibility index (Phi) is 7.07. The molecule has 0 saturated carbocycles. The van der Waals surface area contributed by atoms with E-state index in [2.05, 4.69) is 5.32 Å². The molecular formula is C22H25F3N2O3. The molecule has 3 rings (SSSR count). The van der Waals surface area contributed by atoms with Gasteiger partial charge in [-0.25, -0.2) is 0 Å². The topological polar surface area (TPSA) is 50.8 Å². The van der Waals surface area contributed by atoms with E-state index in [0.717, 1.165) is 12.1 Å². The van der Waals surface area contributed by atoms with E-state index in [1.807, 2.05) is 31.2 Å². The Hall–Kier alpha value is -2.90. The molecule has 1 heterocycles. The highest BCUT2D eigenvalue weighted by Crippen LogP contribution is 2.31. The van der Waals surface area contributed by atoms with Gasteiger partial charge in [-0.2, -0.15) is 13.2 Å². The first-order valence-corrected chi connectivity index (χ1v) is 9.94. The molecule has 0 aromatic heterocycles. The van der Waals surface area contributed by atoms with Crippen molar-refractivity contribution in [2.24, 2.45) is 0 Å². The van der Waals surface area contributed by atoms with Crippen molar-refractivity contribution in [2.75, 3.05) is 31.6 Å². The molecule has 1 saturated heterocycles. The summed E-state index contributed by atoms with van der Waals surface area (Å²) in [7, 11) is 0. The minimum Gasteiger partial charge on any atom is -0.490 e. The second-order valence-corrected chi connectivity index (χ2v) is 7.01. The van der Waals surface area contributed by atoms with Gasteiger partial charge in [-0.05, 0) is 37.3 Å². The summed E-state index contributed by atoms with van der Waals surface area (Å²) in [5.41, 5.74) is -0.478. The lowest BCUT2D eigenvalue weighted by molar-refractivity contribution is -0.137. The monoisotopic (exact) mass is 422 g/mol. The van der Waals surface area contributed by atoms with E-state index in [1.54, 1.807) is 4.90 Å². The van der Waals surface area contributed by atoms with E-state index < -0.39 is 11.7 Å². The SMILES string of the molecule is CCOc1ccccc1OC1CCN(C(=O)CNc2cccc(C(F)(F)F)c2)CC1. The van der Waals surface area contributed by atoms with Gasteiger partial charge in [0.15, 0.2) is 11.5 Å². The zero-order chi connectivity index (χ0) is 21.6. The van der Waals surface area contributed by atoms with Crippen molar-refractivity contribution in [3.8, 4) is 11.5 Å². The van der Waals surface area contributed by atoms with E-state index in [4.69, 9.17) is 9.47 Å². The summed E-state index contributed by atoms with van der Waals surface area (Å²) < 4.78 is 50.0. The number of alkyl halides is 3. The highest BCUT2D eigenvalue weighted by molar-refractivity contribution is 5.81. The van der Waals surface area contributed by atoms with Gasteiger partial charge in [0.1, 0.15) is 6.10 Å². The number of nitrogens with one attached hydrogen (secondary N) is 1. The minimum atomic E-state index is -4.41. The summed E-state index contributed by atoms with van der Waals surface area (Å²) in [6, 6.07) is 12.3. The summed E-state index contributed by atoms with van der Waals surface area (Å²) >= 11 is 0. The number of ether oxygens (including phenoxy) is 2. The molecule has 162 valence electrons. The molecule has 0 atom stereocenters. The van der Waals surface area contributed by atoms with Gasteiger partial charge in [-0.15, -0.1) is 0 Å². The fourth-order valence-corrected chi connectivity index (χ4v) is 3.32. The smallest absolute Gasteiger partial charge is 0.416 e. The van der Waals surface area contributed by atoms with Gasteiger partial charge >= 0.3 is 6.18 Å². The maximum atomic E-state index is 12.8. The van der Waals surface area contributed by atoms with E-state index >= 15 is 0 Å². The number of likely N-dealkylation sites (tertiary alicyclic amines) is 1. The van der Waals surface area contributed by atoms with Crippen LogP contribution in [0.25, 0.3) is 0 Å². The van der Waals surface area contributed by atoms with Gasteiger partial charge in [0.2, 0.25) is 5.91 Å². The summed E-state index contributed by atoms with van der Waals surface area (Å²) in [6.45, 7) is 3.47. The summed E-state index contributed by atoms with van der Waals surface area (Å²) in [5.74, 6) is 1.24. The first-order valence-electron chi connectivity index (χ1n) is 9.94. The number of carbonyl (C=O) groups excluding carboxylic acids is 1. The standard InChI is InChI=1S/C22H25F3N2O3/c1-2-29-19-8-3-4-9-20(19)30-18-10-12-27(13-11-18)21(28)15-26-17-7-5-6-16(14-17)22(23,24)25/h3-9,14,18,26H,2,10-13,15H2,1H3. The zero-order valence-electron chi connectivity index (χ0n) is 16.7.